The van der Waals surface area contributed by atoms with Crippen LogP contribution in [0.25, 0.3) is 17.1 Å². The lowest BCUT2D eigenvalue weighted by molar-refractivity contribution is -0.139. The Bertz CT molecular complexity index is 1290. The first-order valence-corrected chi connectivity index (χ1v) is 10.1. The molecule has 0 radical (unpaired) electrons. The van der Waals surface area contributed by atoms with Crippen molar-refractivity contribution in [3.05, 3.63) is 76.6 Å². The second kappa shape index (κ2) is 8.89. The fourth-order valence-electron chi connectivity index (χ4n) is 3.48. The standard InChI is InChI=1S/C24H22N4O4/c1-3-31-24(30)20-21(29)19(12-16-13-27-22-17(16)5-4-10-26-22)32-23(20)28-18-7-6-15(8-9-25)11-14(18)2/h4-7,9-13,25,28H,3,8H2,1-2H3,(H,26,27)/b19-12-,25-9?. The molecule has 162 valence electrons. The van der Waals surface area contributed by atoms with Crippen LogP contribution in [0, 0.1) is 12.3 Å². The van der Waals surface area contributed by atoms with Gasteiger partial charge in [-0.05, 0) is 55.5 Å². The van der Waals surface area contributed by atoms with Gasteiger partial charge in [0.1, 0.15) is 5.65 Å². The number of hydrogen-bond acceptors (Lipinski definition) is 7. The second-order valence-corrected chi connectivity index (χ2v) is 7.19. The molecule has 1 aromatic carbocycles. The number of fused-ring (bicyclic) bond motifs is 1. The molecule has 0 saturated carbocycles. The molecule has 0 unspecified atom stereocenters. The molecule has 0 amide bonds. The van der Waals surface area contributed by atoms with Crippen molar-refractivity contribution in [1.29, 1.82) is 5.41 Å². The van der Waals surface area contributed by atoms with Crippen LogP contribution in [0.1, 0.15) is 23.6 Å². The van der Waals surface area contributed by atoms with Gasteiger partial charge in [0.2, 0.25) is 11.7 Å². The summed E-state index contributed by atoms with van der Waals surface area (Å²) in [5.41, 5.74) is 3.77. The molecule has 4 rings (SSSR count). The van der Waals surface area contributed by atoms with Crippen molar-refractivity contribution in [3.63, 3.8) is 0 Å². The molecule has 0 bridgehead atoms. The van der Waals surface area contributed by atoms with Crippen molar-refractivity contribution >= 4 is 40.8 Å². The van der Waals surface area contributed by atoms with Crippen molar-refractivity contribution < 1.29 is 19.1 Å². The zero-order valence-corrected chi connectivity index (χ0v) is 17.7. The molecule has 0 saturated heterocycles. The number of nitrogens with zero attached hydrogens (tertiary/aromatic N) is 1. The maximum absolute atomic E-state index is 13.1. The largest absolute Gasteiger partial charge is 0.462 e. The first-order valence-electron chi connectivity index (χ1n) is 10.1. The van der Waals surface area contributed by atoms with Gasteiger partial charge < -0.3 is 25.2 Å². The molecule has 0 fully saturated rings. The van der Waals surface area contributed by atoms with Crippen molar-refractivity contribution in [2.75, 3.05) is 11.9 Å². The number of aryl methyl sites for hydroxylation is 1. The highest BCUT2D eigenvalue weighted by atomic mass is 16.5. The number of H-pyrrole nitrogens is 1. The van der Waals surface area contributed by atoms with Crippen LogP contribution in [0.15, 0.2) is 59.9 Å². The first kappa shape index (κ1) is 21.0. The van der Waals surface area contributed by atoms with E-state index in [1.807, 2.05) is 31.2 Å². The fraction of sp³-hybridized carbons (Fsp3) is 0.167. The van der Waals surface area contributed by atoms with E-state index in [1.54, 1.807) is 31.5 Å². The van der Waals surface area contributed by atoms with Gasteiger partial charge in [0, 0.05) is 35.5 Å². The molecule has 0 aliphatic carbocycles. The van der Waals surface area contributed by atoms with Crippen molar-refractivity contribution in [2.24, 2.45) is 0 Å². The highest BCUT2D eigenvalue weighted by molar-refractivity contribution is 6.26. The van der Waals surface area contributed by atoms with Crippen molar-refractivity contribution in [3.8, 4) is 0 Å². The van der Waals surface area contributed by atoms with Crippen LogP contribution in [0.4, 0.5) is 5.69 Å². The lowest BCUT2D eigenvalue weighted by Crippen LogP contribution is -2.16. The molecule has 3 aromatic rings. The number of rotatable bonds is 7. The van der Waals surface area contributed by atoms with E-state index < -0.39 is 11.8 Å². The summed E-state index contributed by atoms with van der Waals surface area (Å²) in [4.78, 5) is 32.9. The number of ether oxygens (including phenoxy) is 2. The van der Waals surface area contributed by atoms with E-state index in [4.69, 9.17) is 14.9 Å². The highest BCUT2D eigenvalue weighted by Crippen LogP contribution is 2.31. The number of carbonyl (C=O) groups excluding carboxylic acids is 2. The number of nitrogens with one attached hydrogen (secondary N) is 3. The van der Waals surface area contributed by atoms with Crippen LogP contribution in [0.5, 0.6) is 0 Å². The molecule has 3 N–H and O–H groups in total. The number of aromatic amines is 1. The Kier molecular flexibility index (Phi) is 5.85. The van der Waals surface area contributed by atoms with E-state index in [9.17, 15) is 9.59 Å². The minimum Gasteiger partial charge on any atom is -0.462 e. The summed E-state index contributed by atoms with van der Waals surface area (Å²) in [5.74, 6) is -1.26. The summed E-state index contributed by atoms with van der Waals surface area (Å²) in [5, 5.41) is 11.2. The van der Waals surface area contributed by atoms with Gasteiger partial charge in [0.25, 0.3) is 0 Å². The lowest BCUT2D eigenvalue weighted by Gasteiger charge is -2.12. The number of ketones is 1. The number of carbonyl (C=O) groups is 2. The zero-order chi connectivity index (χ0) is 22.7. The van der Waals surface area contributed by atoms with Gasteiger partial charge in [-0.1, -0.05) is 12.1 Å². The Morgan fingerprint density at radius 2 is 2.19 bits per heavy atom. The van der Waals surface area contributed by atoms with Crippen LogP contribution in [-0.4, -0.2) is 34.5 Å². The Morgan fingerprint density at radius 1 is 1.34 bits per heavy atom. The van der Waals surface area contributed by atoms with Gasteiger partial charge in [0.15, 0.2) is 11.3 Å². The molecule has 0 spiro atoms. The summed E-state index contributed by atoms with van der Waals surface area (Å²) >= 11 is 0. The van der Waals surface area contributed by atoms with Crippen LogP contribution < -0.4 is 5.32 Å². The number of esters is 1. The smallest absolute Gasteiger partial charge is 0.347 e. The number of aromatic nitrogens is 2. The molecule has 1 aliphatic heterocycles. The lowest BCUT2D eigenvalue weighted by atomic mass is 10.1. The van der Waals surface area contributed by atoms with Crippen LogP contribution >= 0.6 is 0 Å². The van der Waals surface area contributed by atoms with E-state index in [0.29, 0.717) is 23.3 Å². The quantitative estimate of drug-likeness (QED) is 0.227. The summed E-state index contributed by atoms with van der Waals surface area (Å²) < 4.78 is 10.9. The predicted molar refractivity (Wildman–Crippen MR) is 121 cm³/mol. The number of pyridine rings is 1. The summed E-state index contributed by atoms with van der Waals surface area (Å²) in [6.45, 7) is 3.70. The molecule has 32 heavy (non-hydrogen) atoms. The van der Waals surface area contributed by atoms with Gasteiger partial charge in [0.05, 0.1) is 6.61 Å². The van der Waals surface area contributed by atoms with Crippen LogP contribution in [0.3, 0.4) is 0 Å². The minimum absolute atomic E-state index is 0.0124. The molecular weight excluding hydrogens is 408 g/mol. The van der Waals surface area contributed by atoms with Crippen molar-refractivity contribution in [2.45, 2.75) is 20.3 Å². The summed E-state index contributed by atoms with van der Waals surface area (Å²) in [7, 11) is 0. The zero-order valence-electron chi connectivity index (χ0n) is 17.7. The van der Waals surface area contributed by atoms with E-state index in [-0.39, 0.29) is 23.8 Å². The molecule has 8 heteroatoms. The van der Waals surface area contributed by atoms with Crippen LogP contribution in [0.2, 0.25) is 0 Å². The summed E-state index contributed by atoms with van der Waals surface area (Å²) in [6.07, 6.45) is 6.84. The fourth-order valence-corrected chi connectivity index (χ4v) is 3.48. The molecule has 1 aliphatic rings. The Hall–Kier alpha value is -4.20. The average Bonchev–Trinajstić information content (AvgIpc) is 3.32. The predicted octanol–water partition coefficient (Wildman–Crippen LogP) is 3.89. The monoisotopic (exact) mass is 430 g/mol. The number of hydrogen-bond donors (Lipinski definition) is 3. The third kappa shape index (κ3) is 4.02. The second-order valence-electron chi connectivity index (χ2n) is 7.19. The molecule has 8 nitrogen and oxygen atoms in total. The van der Waals surface area contributed by atoms with Gasteiger partial charge in [-0.3, -0.25) is 4.79 Å². The SMILES string of the molecule is CCOC(=O)C1=C(Nc2ccc(CC=N)cc2C)O/C(=C\c2c[nH]c3ncccc23)C1=O. The highest BCUT2D eigenvalue weighted by Gasteiger charge is 2.37. The Labute approximate surface area is 184 Å². The maximum Gasteiger partial charge on any atom is 0.347 e. The van der Waals surface area contributed by atoms with E-state index in [0.717, 1.165) is 16.5 Å². The average molecular weight is 430 g/mol. The maximum atomic E-state index is 13.1. The number of anilines is 1. The topological polar surface area (TPSA) is 117 Å². The summed E-state index contributed by atoms with van der Waals surface area (Å²) in [6, 6.07) is 9.31. The normalized spacial score (nSPS) is 14.7. The Morgan fingerprint density at radius 3 is 2.94 bits per heavy atom. The number of allylic oxidation sites excluding steroid dienone is 1. The number of benzene rings is 1. The van der Waals surface area contributed by atoms with Crippen molar-refractivity contribution in [1.82, 2.24) is 9.97 Å². The minimum atomic E-state index is -0.748. The van der Waals surface area contributed by atoms with E-state index in [1.165, 1.54) is 6.21 Å². The van der Waals surface area contributed by atoms with E-state index >= 15 is 0 Å². The van der Waals surface area contributed by atoms with Crippen LogP contribution in [-0.2, 0) is 25.5 Å². The van der Waals surface area contributed by atoms with Gasteiger partial charge in [-0.15, -0.1) is 0 Å². The van der Waals surface area contributed by atoms with Gasteiger partial charge in [-0.2, -0.15) is 0 Å². The molecule has 2 aromatic heterocycles. The number of Topliss-reactive ketones (excluding diaryl/α,β-unsaturated/α-hetero) is 1. The van der Waals surface area contributed by atoms with Gasteiger partial charge in [-0.25, -0.2) is 9.78 Å². The third-order valence-corrected chi connectivity index (χ3v) is 5.02. The third-order valence-electron chi connectivity index (χ3n) is 5.02. The van der Waals surface area contributed by atoms with Gasteiger partial charge >= 0.3 is 5.97 Å². The first-order chi connectivity index (χ1) is 15.5. The van der Waals surface area contributed by atoms with E-state index in [2.05, 4.69) is 15.3 Å². The Balaban J connectivity index is 1.69. The molecule has 0 atom stereocenters. The molecule has 3 heterocycles. The molecular formula is C24H22N4O4.